The van der Waals surface area contributed by atoms with Crippen molar-refractivity contribution in [3.63, 3.8) is 0 Å². The Morgan fingerprint density at radius 3 is 2.70 bits per heavy atom. The Morgan fingerprint density at radius 2 is 1.93 bits per heavy atom. The zero-order chi connectivity index (χ0) is 18.5. The SMILES string of the molecule is Clc1cccc(-c2csc(=NCc3ccccc3)n2N=Cc2ccc[nH]2)c1. The van der Waals surface area contributed by atoms with Crippen LogP contribution in [-0.4, -0.2) is 15.9 Å². The second-order valence-electron chi connectivity index (χ2n) is 5.90. The molecule has 0 unspecified atom stereocenters. The van der Waals surface area contributed by atoms with Gasteiger partial charge >= 0.3 is 0 Å². The van der Waals surface area contributed by atoms with Crippen LogP contribution >= 0.6 is 22.9 Å². The van der Waals surface area contributed by atoms with Crippen molar-refractivity contribution in [1.82, 2.24) is 9.66 Å². The third-order valence-corrected chi connectivity index (χ3v) is 5.07. The predicted molar refractivity (Wildman–Crippen MR) is 112 cm³/mol. The van der Waals surface area contributed by atoms with Gasteiger partial charge in [-0.3, -0.25) is 4.99 Å². The summed E-state index contributed by atoms with van der Waals surface area (Å²) in [4.78, 5) is 8.73. The molecule has 4 rings (SSSR count). The molecule has 0 saturated heterocycles. The Hall–Kier alpha value is -2.89. The highest BCUT2D eigenvalue weighted by molar-refractivity contribution is 7.07. The molecule has 0 atom stereocenters. The lowest BCUT2D eigenvalue weighted by atomic mass is 10.2. The largest absolute Gasteiger partial charge is 0.360 e. The van der Waals surface area contributed by atoms with E-state index in [2.05, 4.69) is 27.6 Å². The third-order valence-electron chi connectivity index (χ3n) is 3.98. The van der Waals surface area contributed by atoms with Gasteiger partial charge in [-0.1, -0.05) is 54.1 Å². The molecule has 2 aromatic carbocycles. The number of thiazole rings is 1. The molecule has 134 valence electrons. The summed E-state index contributed by atoms with van der Waals surface area (Å²) in [5, 5.41) is 7.41. The second kappa shape index (κ2) is 8.20. The highest BCUT2D eigenvalue weighted by Gasteiger charge is 2.08. The molecular formula is C21H17ClN4S. The zero-order valence-corrected chi connectivity index (χ0v) is 16.0. The monoisotopic (exact) mass is 392 g/mol. The Morgan fingerprint density at radius 1 is 1.04 bits per heavy atom. The van der Waals surface area contributed by atoms with Crippen molar-refractivity contribution in [3.8, 4) is 11.3 Å². The molecule has 0 saturated carbocycles. The van der Waals surface area contributed by atoms with Crippen LogP contribution in [0, 0.1) is 0 Å². The van der Waals surface area contributed by atoms with E-state index in [0.29, 0.717) is 11.6 Å². The maximum absolute atomic E-state index is 6.18. The number of benzene rings is 2. The molecule has 0 spiro atoms. The molecule has 0 aliphatic heterocycles. The van der Waals surface area contributed by atoms with E-state index in [-0.39, 0.29) is 0 Å². The minimum Gasteiger partial charge on any atom is -0.360 e. The van der Waals surface area contributed by atoms with Crippen LogP contribution < -0.4 is 4.80 Å². The Labute approximate surface area is 166 Å². The normalized spacial score (nSPS) is 12.1. The molecular weight excluding hydrogens is 376 g/mol. The molecule has 2 aromatic heterocycles. The van der Waals surface area contributed by atoms with E-state index in [1.165, 1.54) is 0 Å². The van der Waals surface area contributed by atoms with Gasteiger partial charge in [0.05, 0.1) is 24.1 Å². The van der Waals surface area contributed by atoms with Crippen LogP contribution in [0.2, 0.25) is 5.02 Å². The minimum atomic E-state index is 0.606. The average Bonchev–Trinajstić information content (AvgIpc) is 3.35. The molecule has 4 aromatic rings. The van der Waals surface area contributed by atoms with Crippen LogP contribution in [-0.2, 0) is 6.54 Å². The van der Waals surface area contributed by atoms with E-state index < -0.39 is 0 Å². The van der Waals surface area contributed by atoms with Crippen molar-refractivity contribution in [2.75, 3.05) is 0 Å². The molecule has 6 heteroatoms. The van der Waals surface area contributed by atoms with E-state index in [0.717, 1.165) is 27.3 Å². The van der Waals surface area contributed by atoms with Crippen LogP contribution in [0.3, 0.4) is 0 Å². The maximum atomic E-state index is 6.18. The van der Waals surface area contributed by atoms with Gasteiger partial charge in [-0.05, 0) is 29.8 Å². The summed E-state index contributed by atoms with van der Waals surface area (Å²) in [6.07, 6.45) is 3.67. The van der Waals surface area contributed by atoms with Gasteiger partial charge in [0.2, 0.25) is 4.80 Å². The molecule has 0 fully saturated rings. The van der Waals surface area contributed by atoms with Gasteiger partial charge in [0.25, 0.3) is 0 Å². The second-order valence-corrected chi connectivity index (χ2v) is 7.17. The summed E-state index contributed by atoms with van der Waals surface area (Å²) < 4.78 is 1.86. The van der Waals surface area contributed by atoms with Crippen LogP contribution in [0.1, 0.15) is 11.3 Å². The number of H-pyrrole nitrogens is 1. The van der Waals surface area contributed by atoms with E-state index >= 15 is 0 Å². The van der Waals surface area contributed by atoms with Crippen molar-refractivity contribution in [3.05, 3.63) is 99.4 Å². The first-order valence-electron chi connectivity index (χ1n) is 8.48. The smallest absolute Gasteiger partial charge is 0.206 e. The number of aromatic nitrogens is 2. The number of nitrogens with zero attached hydrogens (tertiary/aromatic N) is 3. The van der Waals surface area contributed by atoms with Gasteiger partial charge in [0.1, 0.15) is 0 Å². The van der Waals surface area contributed by atoms with Crippen molar-refractivity contribution in [1.29, 1.82) is 0 Å². The van der Waals surface area contributed by atoms with Gasteiger partial charge in [-0.2, -0.15) is 5.10 Å². The van der Waals surface area contributed by atoms with Crippen LogP contribution in [0.4, 0.5) is 0 Å². The van der Waals surface area contributed by atoms with E-state index in [4.69, 9.17) is 16.6 Å². The van der Waals surface area contributed by atoms with Crippen LogP contribution in [0.5, 0.6) is 0 Å². The first-order valence-corrected chi connectivity index (χ1v) is 9.74. The predicted octanol–water partition coefficient (Wildman–Crippen LogP) is 5.18. The lowest BCUT2D eigenvalue weighted by Gasteiger charge is -2.04. The van der Waals surface area contributed by atoms with Crippen molar-refractivity contribution >= 4 is 29.2 Å². The highest BCUT2D eigenvalue weighted by Crippen LogP contribution is 2.23. The van der Waals surface area contributed by atoms with Gasteiger partial charge in [0.15, 0.2) is 0 Å². The van der Waals surface area contributed by atoms with Crippen molar-refractivity contribution < 1.29 is 0 Å². The van der Waals surface area contributed by atoms with E-state index in [1.807, 2.05) is 65.5 Å². The summed E-state index contributed by atoms with van der Waals surface area (Å²) in [6.45, 7) is 0.606. The Balaban J connectivity index is 1.76. The lowest BCUT2D eigenvalue weighted by molar-refractivity contribution is 0.824. The van der Waals surface area contributed by atoms with Gasteiger partial charge in [-0.15, -0.1) is 11.3 Å². The van der Waals surface area contributed by atoms with E-state index in [1.54, 1.807) is 17.6 Å². The molecule has 0 radical (unpaired) electrons. The number of hydrogen-bond acceptors (Lipinski definition) is 3. The van der Waals surface area contributed by atoms with Crippen LogP contribution in [0.25, 0.3) is 11.3 Å². The summed E-state index contributed by atoms with van der Waals surface area (Å²) >= 11 is 7.74. The molecule has 0 amide bonds. The number of nitrogens with one attached hydrogen (secondary N) is 1. The summed E-state index contributed by atoms with van der Waals surface area (Å²) in [5.41, 5.74) is 4.05. The average molecular weight is 393 g/mol. The summed E-state index contributed by atoms with van der Waals surface area (Å²) in [7, 11) is 0. The fourth-order valence-electron chi connectivity index (χ4n) is 2.65. The van der Waals surface area contributed by atoms with Gasteiger partial charge < -0.3 is 4.98 Å². The Kier molecular flexibility index (Phi) is 5.32. The van der Waals surface area contributed by atoms with Gasteiger partial charge in [0, 0.05) is 22.2 Å². The molecule has 0 aliphatic rings. The number of halogens is 1. The summed E-state index contributed by atoms with van der Waals surface area (Å²) in [6, 6.07) is 21.9. The van der Waals surface area contributed by atoms with Crippen LogP contribution in [0.15, 0.2) is 88.4 Å². The fraction of sp³-hybridized carbons (Fsp3) is 0.0476. The number of rotatable bonds is 5. The molecule has 0 bridgehead atoms. The maximum Gasteiger partial charge on any atom is 0.206 e. The highest BCUT2D eigenvalue weighted by atomic mass is 35.5. The van der Waals surface area contributed by atoms with Crippen molar-refractivity contribution in [2.24, 2.45) is 10.1 Å². The topological polar surface area (TPSA) is 45.4 Å². The number of aromatic amines is 1. The molecule has 27 heavy (non-hydrogen) atoms. The third kappa shape index (κ3) is 4.27. The van der Waals surface area contributed by atoms with Crippen molar-refractivity contribution in [2.45, 2.75) is 6.54 Å². The molecule has 4 nitrogen and oxygen atoms in total. The first-order chi connectivity index (χ1) is 13.3. The van der Waals surface area contributed by atoms with E-state index in [9.17, 15) is 0 Å². The quantitative estimate of drug-likeness (QED) is 0.455. The molecule has 0 aliphatic carbocycles. The molecule has 1 N–H and O–H groups in total. The first kappa shape index (κ1) is 17.5. The Bertz CT molecular complexity index is 1110. The number of hydrogen-bond donors (Lipinski definition) is 1. The molecule has 2 heterocycles. The summed E-state index contributed by atoms with van der Waals surface area (Å²) in [5.74, 6) is 0. The fourth-order valence-corrected chi connectivity index (χ4v) is 3.68. The minimum absolute atomic E-state index is 0.606. The lowest BCUT2D eigenvalue weighted by Crippen LogP contribution is -2.12. The van der Waals surface area contributed by atoms with Gasteiger partial charge in [-0.25, -0.2) is 4.68 Å². The standard InChI is InChI=1S/C21H17ClN4S/c22-18-9-4-8-17(12-18)20-15-27-21(24-13-16-6-2-1-3-7-16)26(20)25-14-19-10-5-11-23-19/h1-12,14-15,23H,13H2. The zero-order valence-electron chi connectivity index (χ0n) is 14.4.